The number of rotatable bonds is 14. The van der Waals surface area contributed by atoms with E-state index >= 15 is 0 Å². The molecule has 4 heteroatoms. The van der Waals surface area contributed by atoms with Gasteiger partial charge in [0.2, 0.25) is 0 Å². The summed E-state index contributed by atoms with van der Waals surface area (Å²) in [5.41, 5.74) is 11.4. The molecule has 2 N–H and O–H groups in total. The fraction of sp³-hybridized carbons (Fsp3) is 0.657. The summed E-state index contributed by atoms with van der Waals surface area (Å²) in [6.45, 7) is 31.7. The van der Waals surface area contributed by atoms with Gasteiger partial charge in [0.1, 0.15) is 0 Å². The van der Waals surface area contributed by atoms with Gasteiger partial charge >= 0.3 is 0 Å². The molecule has 39 heavy (non-hydrogen) atoms. The number of nitrogens with one attached hydrogen (secondary N) is 2. The van der Waals surface area contributed by atoms with Gasteiger partial charge in [-0.1, -0.05) is 107 Å². The second-order valence-corrected chi connectivity index (χ2v) is 13.2. The van der Waals surface area contributed by atoms with Crippen LogP contribution in [-0.2, 0) is 17.1 Å². The largest absolute Gasteiger partial charge is 0.383 e. The van der Waals surface area contributed by atoms with Crippen LogP contribution >= 0.6 is 0 Å². The van der Waals surface area contributed by atoms with Crippen molar-refractivity contribution in [3.05, 3.63) is 57.6 Å². The van der Waals surface area contributed by atoms with Crippen molar-refractivity contribution in [1.29, 1.82) is 0 Å². The molecule has 0 aliphatic heterocycles. The van der Waals surface area contributed by atoms with E-state index in [0.717, 1.165) is 26.2 Å². The van der Waals surface area contributed by atoms with Crippen molar-refractivity contribution < 1.29 is 17.1 Å². The van der Waals surface area contributed by atoms with E-state index in [0.29, 0.717) is 35.5 Å². The zero-order valence-corrected chi connectivity index (χ0v) is 28.5. The Morgan fingerprint density at radius 1 is 0.487 bits per heavy atom. The van der Waals surface area contributed by atoms with Crippen LogP contribution < -0.4 is 10.6 Å². The molecule has 0 heterocycles. The first kappa shape index (κ1) is 35.5. The van der Waals surface area contributed by atoms with E-state index in [1.165, 1.54) is 44.8 Å². The number of hydrogen-bond acceptors (Lipinski definition) is 3. The van der Waals surface area contributed by atoms with Crippen LogP contribution in [-0.4, -0.2) is 38.1 Å². The van der Waals surface area contributed by atoms with Crippen molar-refractivity contribution in [3.8, 4) is 0 Å². The van der Waals surface area contributed by atoms with E-state index in [9.17, 15) is 0 Å². The minimum absolute atomic E-state index is 0. The van der Waals surface area contributed by atoms with Crippen LogP contribution in [0.5, 0.6) is 0 Å². The second-order valence-electron chi connectivity index (χ2n) is 13.2. The maximum atomic E-state index is 3.85. The van der Waals surface area contributed by atoms with E-state index < -0.39 is 0 Å². The fourth-order valence-electron chi connectivity index (χ4n) is 5.18. The number of likely N-dealkylation sites (N-methyl/N-ethyl adjacent to an activating group) is 1. The van der Waals surface area contributed by atoms with Gasteiger partial charge in [-0.05, 0) is 75.9 Å². The quantitative estimate of drug-likeness (QED) is 0.219. The van der Waals surface area contributed by atoms with Gasteiger partial charge in [-0.15, -0.1) is 0 Å². The van der Waals surface area contributed by atoms with Crippen LogP contribution in [0, 0.1) is 0 Å². The Balaban J connectivity index is 0.00000760. The van der Waals surface area contributed by atoms with Gasteiger partial charge in [0, 0.05) is 54.6 Å². The Bertz CT molecular complexity index is 881. The van der Waals surface area contributed by atoms with Gasteiger partial charge in [0.15, 0.2) is 0 Å². The van der Waals surface area contributed by atoms with Gasteiger partial charge in [-0.25, -0.2) is 0 Å². The fourth-order valence-corrected chi connectivity index (χ4v) is 5.18. The van der Waals surface area contributed by atoms with Crippen LogP contribution in [0.1, 0.15) is 152 Å². The summed E-state index contributed by atoms with van der Waals surface area (Å²) in [6.07, 6.45) is 0. The van der Waals surface area contributed by atoms with Crippen molar-refractivity contribution in [2.75, 3.05) is 43.9 Å². The van der Waals surface area contributed by atoms with E-state index in [-0.39, 0.29) is 17.1 Å². The molecule has 2 aromatic carbocycles. The smallest absolute Gasteiger partial charge is 0.0411 e. The van der Waals surface area contributed by atoms with Gasteiger partial charge in [0.05, 0.1) is 0 Å². The third-order valence-electron chi connectivity index (χ3n) is 7.86. The molecule has 2 rings (SSSR count). The number of nitrogens with zero attached hydrogens (tertiary/aromatic N) is 1. The molecule has 0 saturated heterocycles. The summed E-state index contributed by atoms with van der Waals surface area (Å²) in [4.78, 5) is 2.44. The summed E-state index contributed by atoms with van der Waals surface area (Å²) in [7, 11) is 2.24. The molecule has 0 saturated carbocycles. The number of hydrogen-bond donors (Lipinski definition) is 2. The first-order chi connectivity index (χ1) is 17.7. The van der Waals surface area contributed by atoms with Crippen molar-refractivity contribution in [2.45, 2.75) is 119 Å². The first-order valence-electron chi connectivity index (χ1n) is 15.3. The summed E-state index contributed by atoms with van der Waals surface area (Å²) in [5.74, 6) is 3.11. The average Bonchev–Trinajstić information content (AvgIpc) is 2.82. The number of benzene rings is 2. The van der Waals surface area contributed by atoms with Gasteiger partial charge in [-0.2, -0.15) is 0 Å². The molecule has 0 aromatic heterocycles. The van der Waals surface area contributed by atoms with Crippen LogP contribution in [0.2, 0.25) is 0 Å². The first-order valence-corrected chi connectivity index (χ1v) is 15.3. The summed E-state index contributed by atoms with van der Waals surface area (Å²) >= 11 is 0. The van der Waals surface area contributed by atoms with Crippen molar-refractivity contribution >= 4 is 11.4 Å². The molecule has 2 aromatic rings. The molecule has 0 atom stereocenters. The summed E-state index contributed by atoms with van der Waals surface area (Å²) in [5, 5.41) is 7.71. The maximum absolute atomic E-state index is 3.85. The molecule has 0 spiro atoms. The zero-order valence-electron chi connectivity index (χ0n) is 27.4. The van der Waals surface area contributed by atoms with Crippen LogP contribution in [0.15, 0.2) is 24.3 Å². The van der Waals surface area contributed by atoms with E-state index in [1.54, 1.807) is 0 Å². The summed E-state index contributed by atoms with van der Waals surface area (Å²) < 4.78 is 0. The molecule has 0 amide bonds. The van der Waals surface area contributed by atoms with Crippen molar-refractivity contribution in [3.63, 3.8) is 0 Å². The average molecular weight is 578 g/mol. The molecule has 0 aliphatic carbocycles. The maximum Gasteiger partial charge on any atom is 0.0411 e. The molecule has 0 aliphatic rings. The molecular formula is C35H59FeN3. The van der Waals surface area contributed by atoms with Gasteiger partial charge in [-0.3, -0.25) is 0 Å². The Morgan fingerprint density at radius 2 is 0.744 bits per heavy atom. The normalized spacial score (nSPS) is 12.0. The standard InChI is InChI=1S/C35H59N3.Fe/c1-22(2)28-18-30(24(5)6)34(31(19-28)25(7)8)36-14-16-38(13)17-15-37-35-32(26(9)10)20-29(23(3)4)21-33(35)27(11)12;/h18-27,36-37H,14-17H2,1-13H3;. The Hall–Kier alpha value is -1.48. The second kappa shape index (κ2) is 16.1. The van der Waals surface area contributed by atoms with Gasteiger partial charge < -0.3 is 15.5 Å². The third-order valence-corrected chi connectivity index (χ3v) is 7.86. The Kier molecular flexibility index (Phi) is 14.7. The zero-order chi connectivity index (χ0) is 28.7. The van der Waals surface area contributed by atoms with Crippen molar-refractivity contribution in [2.24, 2.45) is 0 Å². The predicted molar refractivity (Wildman–Crippen MR) is 172 cm³/mol. The third kappa shape index (κ3) is 9.83. The molecule has 0 fully saturated rings. The molecule has 0 unspecified atom stereocenters. The Labute approximate surface area is 252 Å². The van der Waals surface area contributed by atoms with Crippen LogP contribution in [0.25, 0.3) is 0 Å². The molecule has 222 valence electrons. The predicted octanol–water partition coefficient (Wildman–Crippen LogP) is 9.88. The molecule has 0 bridgehead atoms. The van der Waals surface area contributed by atoms with Gasteiger partial charge in [0.25, 0.3) is 0 Å². The minimum Gasteiger partial charge on any atom is -0.383 e. The number of anilines is 2. The SMILES string of the molecule is CC(C)c1cc(C(C)C)c(NCCN(C)CCNc2c(C(C)C)cc(C(C)C)cc2C(C)C)c(C(C)C)c1.[Fe]. The van der Waals surface area contributed by atoms with Crippen molar-refractivity contribution in [1.82, 2.24) is 4.90 Å². The molecule has 0 radical (unpaired) electrons. The summed E-state index contributed by atoms with van der Waals surface area (Å²) in [6, 6.07) is 9.72. The molecular weight excluding hydrogens is 518 g/mol. The topological polar surface area (TPSA) is 27.3 Å². The minimum atomic E-state index is 0. The Morgan fingerprint density at radius 3 is 0.949 bits per heavy atom. The van der Waals surface area contributed by atoms with E-state index in [4.69, 9.17) is 0 Å². The van der Waals surface area contributed by atoms with Crippen LogP contribution in [0.4, 0.5) is 11.4 Å². The monoisotopic (exact) mass is 577 g/mol. The van der Waals surface area contributed by atoms with Crippen LogP contribution in [0.3, 0.4) is 0 Å². The molecule has 3 nitrogen and oxygen atoms in total. The van der Waals surface area contributed by atoms with E-state index in [2.05, 4.69) is 130 Å². The van der Waals surface area contributed by atoms with E-state index in [1.807, 2.05) is 0 Å².